The minimum atomic E-state index is -1.10. The molecule has 1 saturated carbocycles. The predicted molar refractivity (Wildman–Crippen MR) is 69.2 cm³/mol. The van der Waals surface area contributed by atoms with Crippen molar-refractivity contribution < 1.29 is 9.90 Å². The zero-order valence-corrected chi connectivity index (χ0v) is 10.9. The zero-order chi connectivity index (χ0) is 12.3. The van der Waals surface area contributed by atoms with Crippen molar-refractivity contribution in [1.82, 2.24) is 5.32 Å². The normalized spacial score (nSPS) is 20.1. The van der Waals surface area contributed by atoms with Crippen molar-refractivity contribution >= 4 is 17.2 Å². The lowest BCUT2D eigenvalue weighted by atomic mass is 10.00. The molecule has 0 aliphatic heterocycles. The van der Waals surface area contributed by atoms with Gasteiger partial charge in [-0.3, -0.25) is 4.79 Å². The van der Waals surface area contributed by atoms with Gasteiger partial charge in [0.2, 0.25) is 0 Å². The second-order valence-electron chi connectivity index (χ2n) is 4.91. The molecule has 1 aliphatic carbocycles. The van der Waals surface area contributed by atoms with Gasteiger partial charge in [0.1, 0.15) is 5.60 Å². The molecule has 1 aliphatic rings. The summed E-state index contributed by atoms with van der Waals surface area (Å²) in [5.41, 5.74) is 0.141. The van der Waals surface area contributed by atoms with E-state index in [1.54, 1.807) is 11.3 Å². The summed E-state index contributed by atoms with van der Waals surface area (Å²) in [7, 11) is 0. The number of aliphatic hydroxyl groups is 1. The van der Waals surface area contributed by atoms with Crippen LogP contribution in [0.4, 0.5) is 0 Å². The molecule has 3 nitrogen and oxygen atoms in total. The molecular weight excluding hydrogens is 234 g/mol. The molecule has 1 amide bonds. The number of amides is 1. The Kier molecular flexibility index (Phi) is 3.84. The van der Waals surface area contributed by atoms with Gasteiger partial charge in [-0.05, 0) is 54.0 Å². The van der Waals surface area contributed by atoms with Crippen LogP contribution in [0.3, 0.4) is 0 Å². The molecule has 0 aromatic carbocycles. The van der Waals surface area contributed by atoms with Crippen molar-refractivity contribution in [2.24, 2.45) is 0 Å². The number of hydrogen-bond donors (Lipinski definition) is 2. The van der Waals surface area contributed by atoms with Gasteiger partial charge in [0.05, 0.1) is 0 Å². The van der Waals surface area contributed by atoms with E-state index >= 15 is 0 Å². The topological polar surface area (TPSA) is 49.3 Å². The lowest BCUT2D eigenvalue weighted by molar-refractivity contribution is -0.139. The van der Waals surface area contributed by atoms with E-state index in [2.05, 4.69) is 23.7 Å². The Morgan fingerprint density at radius 1 is 1.59 bits per heavy atom. The Labute approximate surface area is 106 Å². The standard InChI is InChI=1S/C13H19NO2S/c1-10(11-4-7-17-9-11)8-14-12(15)13(16)5-2-3-6-13/h4,7,9-10,16H,2-3,5-6,8H2,1H3,(H,14,15). The molecule has 1 aromatic rings. The molecule has 1 atom stereocenters. The lowest BCUT2D eigenvalue weighted by Gasteiger charge is -2.22. The molecular formula is C13H19NO2S. The van der Waals surface area contributed by atoms with Gasteiger partial charge in [0, 0.05) is 6.54 Å². The van der Waals surface area contributed by atoms with Gasteiger partial charge in [-0.25, -0.2) is 0 Å². The van der Waals surface area contributed by atoms with Crippen LogP contribution in [0.5, 0.6) is 0 Å². The summed E-state index contributed by atoms with van der Waals surface area (Å²) in [4.78, 5) is 11.9. The van der Waals surface area contributed by atoms with Gasteiger partial charge in [-0.15, -0.1) is 0 Å². The van der Waals surface area contributed by atoms with Crippen LogP contribution in [0.1, 0.15) is 44.1 Å². The summed E-state index contributed by atoms with van der Waals surface area (Å²) < 4.78 is 0. The summed E-state index contributed by atoms with van der Waals surface area (Å²) in [6.07, 6.45) is 3.10. The van der Waals surface area contributed by atoms with Crippen LogP contribution in [0, 0.1) is 0 Å². The fourth-order valence-corrected chi connectivity index (χ4v) is 3.05. The number of hydrogen-bond acceptors (Lipinski definition) is 3. The van der Waals surface area contributed by atoms with Gasteiger partial charge in [0.15, 0.2) is 0 Å². The van der Waals surface area contributed by atoms with Crippen molar-refractivity contribution in [3.8, 4) is 0 Å². The summed E-state index contributed by atoms with van der Waals surface area (Å²) in [6, 6.07) is 2.08. The molecule has 2 N–H and O–H groups in total. The minimum absolute atomic E-state index is 0.197. The third-order valence-corrected chi connectivity index (χ3v) is 4.24. The quantitative estimate of drug-likeness (QED) is 0.865. The monoisotopic (exact) mass is 253 g/mol. The van der Waals surface area contributed by atoms with Gasteiger partial charge < -0.3 is 10.4 Å². The Morgan fingerprint density at radius 2 is 2.29 bits per heavy atom. The zero-order valence-electron chi connectivity index (χ0n) is 10.1. The second-order valence-corrected chi connectivity index (χ2v) is 5.69. The molecule has 0 bridgehead atoms. The van der Waals surface area contributed by atoms with Crippen LogP contribution in [-0.4, -0.2) is 23.2 Å². The van der Waals surface area contributed by atoms with Crippen LogP contribution < -0.4 is 5.32 Å². The number of carbonyl (C=O) groups excluding carboxylic acids is 1. The van der Waals surface area contributed by atoms with E-state index in [1.165, 1.54) is 5.56 Å². The van der Waals surface area contributed by atoms with Gasteiger partial charge in [-0.2, -0.15) is 11.3 Å². The SMILES string of the molecule is CC(CNC(=O)C1(O)CCCC1)c1ccsc1. The van der Waals surface area contributed by atoms with Gasteiger partial charge in [0.25, 0.3) is 5.91 Å². The number of nitrogens with one attached hydrogen (secondary N) is 1. The first-order valence-corrected chi connectivity index (χ1v) is 7.09. The van der Waals surface area contributed by atoms with Crippen LogP contribution in [0.2, 0.25) is 0 Å². The van der Waals surface area contributed by atoms with Crippen molar-refractivity contribution in [2.75, 3.05) is 6.54 Å². The van der Waals surface area contributed by atoms with Crippen molar-refractivity contribution in [3.05, 3.63) is 22.4 Å². The molecule has 2 rings (SSSR count). The molecule has 0 spiro atoms. The Morgan fingerprint density at radius 3 is 2.88 bits per heavy atom. The average molecular weight is 253 g/mol. The molecule has 4 heteroatoms. The molecule has 94 valence electrons. The van der Waals surface area contributed by atoms with Crippen LogP contribution >= 0.6 is 11.3 Å². The molecule has 0 radical (unpaired) electrons. The summed E-state index contributed by atoms with van der Waals surface area (Å²) in [6.45, 7) is 2.68. The maximum absolute atomic E-state index is 11.9. The maximum atomic E-state index is 11.9. The van der Waals surface area contributed by atoms with Crippen LogP contribution in [0.25, 0.3) is 0 Å². The minimum Gasteiger partial charge on any atom is -0.380 e. The van der Waals surface area contributed by atoms with Crippen molar-refractivity contribution in [1.29, 1.82) is 0 Å². The molecule has 17 heavy (non-hydrogen) atoms. The summed E-state index contributed by atoms with van der Waals surface area (Å²) in [5.74, 6) is 0.104. The number of rotatable bonds is 4. The first-order chi connectivity index (χ1) is 8.12. The Balaban J connectivity index is 1.84. The fourth-order valence-electron chi connectivity index (χ4n) is 2.27. The van der Waals surface area contributed by atoms with E-state index < -0.39 is 5.60 Å². The largest absolute Gasteiger partial charge is 0.380 e. The first-order valence-electron chi connectivity index (χ1n) is 6.14. The number of thiophene rings is 1. The van der Waals surface area contributed by atoms with Crippen LogP contribution in [-0.2, 0) is 4.79 Å². The fraction of sp³-hybridized carbons (Fsp3) is 0.615. The van der Waals surface area contributed by atoms with E-state index in [9.17, 15) is 9.90 Å². The Hall–Kier alpha value is -0.870. The highest BCUT2D eigenvalue weighted by Crippen LogP contribution is 2.29. The van der Waals surface area contributed by atoms with Crippen LogP contribution in [0.15, 0.2) is 16.8 Å². The lowest BCUT2D eigenvalue weighted by Crippen LogP contribution is -2.45. The molecule has 1 fully saturated rings. The van der Waals surface area contributed by atoms with Gasteiger partial charge >= 0.3 is 0 Å². The average Bonchev–Trinajstić information content (AvgIpc) is 2.96. The summed E-state index contributed by atoms with van der Waals surface area (Å²) in [5, 5.41) is 17.1. The molecule has 1 heterocycles. The maximum Gasteiger partial charge on any atom is 0.251 e. The van der Waals surface area contributed by atoms with Crippen molar-refractivity contribution in [2.45, 2.75) is 44.1 Å². The third-order valence-electron chi connectivity index (χ3n) is 3.53. The van der Waals surface area contributed by atoms with E-state index in [0.717, 1.165) is 12.8 Å². The smallest absolute Gasteiger partial charge is 0.251 e. The molecule has 1 aromatic heterocycles. The predicted octanol–water partition coefficient (Wildman–Crippen LogP) is 2.27. The number of carbonyl (C=O) groups is 1. The summed E-state index contributed by atoms with van der Waals surface area (Å²) >= 11 is 1.66. The second kappa shape index (κ2) is 5.19. The molecule has 0 saturated heterocycles. The highest BCUT2D eigenvalue weighted by Gasteiger charge is 2.38. The van der Waals surface area contributed by atoms with Gasteiger partial charge in [-0.1, -0.05) is 6.92 Å². The Bertz CT molecular complexity index is 369. The van der Waals surface area contributed by atoms with E-state index in [0.29, 0.717) is 25.3 Å². The molecule has 1 unspecified atom stereocenters. The van der Waals surface area contributed by atoms with E-state index in [4.69, 9.17) is 0 Å². The first kappa shape index (κ1) is 12.6. The van der Waals surface area contributed by atoms with E-state index in [-0.39, 0.29) is 5.91 Å². The highest BCUT2D eigenvalue weighted by atomic mass is 32.1. The van der Waals surface area contributed by atoms with E-state index in [1.807, 2.05) is 5.38 Å². The third kappa shape index (κ3) is 2.87. The highest BCUT2D eigenvalue weighted by molar-refractivity contribution is 7.07. The van der Waals surface area contributed by atoms with Crippen molar-refractivity contribution in [3.63, 3.8) is 0 Å².